The normalized spacial score (nSPS) is 9.89. The Morgan fingerprint density at radius 2 is 2.16 bits per heavy atom. The number of hydrogen-bond acceptors (Lipinski definition) is 6. The van der Waals surface area contributed by atoms with Gasteiger partial charge in [0.2, 0.25) is 0 Å². The van der Waals surface area contributed by atoms with Crippen molar-refractivity contribution < 1.29 is 4.79 Å². The summed E-state index contributed by atoms with van der Waals surface area (Å²) in [4.78, 5) is 30.3. The van der Waals surface area contributed by atoms with Crippen molar-refractivity contribution in [3.63, 3.8) is 0 Å². The van der Waals surface area contributed by atoms with Crippen molar-refractivity contribution in [1.29, 1.82) is 0 Å². The van der Waals surface area contributed by atoms with Gasteiger partial charge in [-0.1, -0.05) is 0 Å². The molecule has 2 heterocycles. The van der Waals surface area contributed by atoms with Gasteiger partial charge in [-0.15, -0.1) is 0 Å². The molecule has 2 aromatic heterocycles. The topological polar surface area (TPSA) is 113 Å². The number of nitrogens with one attached hydrogen (secondary N) is 3. The first-order chi connectivity index (χ1) is 9.25. The zero-order valence-corrected chi connectivity index (χ0v) is 9.96. The number of amides is 1. The van der Waals surface area contributed by atoms with E-state index in [1.165, 1.54) is 12.1 Å². The average molecular weight is 260 g/mol. The van der Waals surface area contributed by atoms with Crippen LogP contribution < -0.4 is 16.2 Å². The first kappa shape index (κ1) is 12.7. The molecule has 3 N–H and O–H groups in total. The van der Waals surface area contributed by atoms with Crippen molar-refractivity contribution in [3.8, 4) is 0 Å². The van der Waals surface area contributed by atoms with E-state index in [-0.39, 0.29) is 17.2 Å². The third kappa shape index (κ3) is 3.87. The molecule has 0 radical (unpaired) electrons. The molecule has 0 aliphatic heterocycles. The summed E-state index contributed by atoms with van der Waals surface area (Å²) in [5, 5.41) is 11.5. The number of hydrogen-bond donors (Lipinski definition) is 3. The third-order valence-electron chi connectivity index (χ3n) is 2.19. The molecule has 0 atom stereocenters. The van der Waals surface area contributed by atoms with Gasteiger partial charge in [-0.05, 0) is 6.07 Å². The first-order valence-corrected chi connectivity index (χ1v) is 5.59. The lowest BCUT2D eigenvalue weighted by Gasteiger charge is -2.06. The van der Waals surface area contributed by atoms with Crippen LogP contribution in [0.4, 0.5) is 5.82 Å². The molecule has 0 unspecified atom stereocenters. The molecule has 0 fully saturated rings. The monoisotopic (exact) mass is 260 g/mol. The molecule has 0 spiro atoms. The lowest BCUT2D eigenvalue weighted by atomic mass is 10.3. The SMILES string of the molecule is O=C(NCCNc1cnccn1)c1ccc(=O)[nH]n1. The van der Waals surface area contributed by atoms with E-state index >= 15 is 0 Å². The minimum atomic E-state index is -0.350. The zero-order valence-electron chi connectivity index (χ0n) is 9.96. The average Bonchev–Trinajstić information content (AvgIpc) is 2.45. The van der Waals surface area contributed by atoms with Gasteiger partial charge in [0.05, 0.1) is 6.20 Å². The standard InChI is InChI=1S/C11H12N6O2/c18-10-2-1-8(16-17-10)11(19)15-6-5-14-9-7-12-3-4-13-9/h1-4,7H,5-6H2,(H,13,14)(H,15,19)(H,17,18). The highest BCUT2D eigenvalue weighted by Crippen LogP contribution is 1.95. The fraction of sp³-hybridized carbons (Fsp3) is 0.182. The Bertz CT molecular complexity index is 577. The van der Waals surface area contributed by atoms with Crippen LogP contribution in [0.25, 0.3) is 0 Å². The highest BCUT2D eigenvalue weighted by molar-refractivity contribution is 5.91. The molecule has 1 amide bonds. The number of nitrogens with zero attached hydrogens (tertiary/aromatic N) is 3. The molecular weight excluding hydrogens is 248 g/mol. The quantitative estimate of drug-likeness (QED) is 0.619. The van der Waals surface area contributed by atoms with Crippen LogP contribution in [-0.2, 0) is 0 Å². The zero-order chi connectivity index (χ0) is 13.5. The minimum absolute atomic E-state index is 0.166. The van der Waals surface area contributed by atoms with Crippen molar-refractivity contribution in [2.75, 3.05) is 18.4 Å². The van der Waals surface area contributed by atoms with Gasteiger partial charge in [-0.2, -0.15) is 5.10 Å². The molecule has 0 bridgehead atoms. The Morgan fingerprint density at radius 1 is 1.26 bits per heavy atom. The summed E-state index contributed by atoms with van der Waals surface area (Å²) >= 11 is 0. The highest BCUT2D eigenvalue weighted by Gasteiger charge is 2.05. The van der Waals surface area contributed by atoms with Crippen molar-refractivity contribution in [2.24, 2.45) is 0 Å². The number of H-pyrrole nitrogens is 1. The largest absolute Gasteiger partial charge is 0.367 e. The van der Waals surface area contributed by atoms with E-state index in [9.17, 15) is 9.59 Å². The molecule has 98 valence electrons. The number of carbonyl (C=O) groups is 1. The summed E-state index contributed by atoms with van der Waals surface area (Å²) < 4.78 is 0. The second kappa shape index (κ2) is 6.24. The van der Waals surface area contributed by atoms with E-state index < -0.39 is 0 Å². The Kier molecular flexibility index (Phi) is 4.17. The predicted molar refractivity (Wildman–Crippen MR) is 67.7 cm³/mol. The highest BCUT2D eigenvalue weighted by atomic mass is 16.2. The summed E-state index contributed by atoms with van der Waals surface area (Å²) in [6.07, 6.45) is 4.74. The minimum Gasteiger partial charge on any atom is -0.367 e. The second-order valence-corrected chi connectivity index (χ2v) is 3.58. The molecule has 2 rings (SSSR count). The van der Waals surface area contributed by atoms with E-state index in [0.29, 0.717) is 18.9 Å². The van der Waals surface area contributed by atoms with E-state index in [0.717, 1.165) is 0 Å². The molecule has 0 aliphatic rings. The van der Waals surface area contributed by atoms with E-state index in [1.807, 2.05) is 0 Å². The van der Waals surface area contributed by atoms with Crippen LogP contribution in [-0.4, -0.2) is 39.2 Å². The molecule has 2 aromatic rings. The van der Waals surface area contributed by atoms with Gasteiger partial charge in [0.15, 0.2) is 0 Å². The Hall–Kier alpha value is -2.77. The fourth-order valence-electron chi connectivity index (χ4n) is 1.32. The van der Waals surface area contributed by atoms with Gasteiger partial charge in [0, 0.05) is 31.5 Å². The van der Waals surface area contributed by atoms with Gasteiger partial charge in [0.25, 0.3) is 11.5 Å². The summed E-state index contributed by atoms with van der Waals surface area (Å²) in [6, 6.07) is 2.62. The summed E-state index contributed by atoms with van der Waals surface area (Å²) in [5.74, 6) is 0.288. The van der Waals surface area contributed by atoms with Gasteiger partial charge in [-0.3, -0.25) is 14.6 Å². The predicted octanol–water partition coefficient (Wildman–Crippen LogP) is -0.598. The molecule has 0 saturated heterocycles. The lowest BCUT2D eigenvalue weighted by molar-refractivity contribution is 0.0949. The van der Waals surface area contributed by atoms with Crippen molar-refractivity contribution >= 4 is 11.7 Å². The van der Waals surface area contributed by atoms with Crippen LogP contribution >= 0.6 is 0 Å². The van der Waals surface area contributed by atoms with E-state index in [4.69, 9.17) is 0 Å². The van der Waals surface area contributed by atoms with Crippen LogP contribution in [0.3, 0.4) is 0 Å². The summed E-state index contributed by atoms with van der Waals surface area (Å²) in [7, 11) is 0. The maximum absolute atomic E-state index is 11.6. The van der Waals surface area contributed by atoms with Crippen LogP contribution in [0.15, 0.2) is 35.5 Å². The van der Waals surface area contributed by atoms with Crippen LogP contribution in [0.5, 0.6) is 0 Å². The fourth-order valence-corrected chi connectivity index (χ4v) is 1.32. The van der Waals surface area contributed by atoms with Crippen molar-refractivity contribution in [2.45, 2.75) is 0 Å². The number of aromatic amines is 1. The first-order valence-electron chi connectivity index (χ1n) is 5.59. The number of carbonyl (C=O) groups excluding carboxylic acids is 1. The molecule has 19 heavy (non-hydrogen) atoms. The number of rotatable bonds is 5. The molecular formula is C11H12N6O2. The summed E-state index contributed by atoms with van der Waals surface area (Å²) in [5.41, 5.74) is -0.181. The van der Waals surface area contributed by atoms with E-state index in [2.05, 4.69) is 30.8 Å². The van der Waals surface area contributed by atoms with Crippen LogP contribution in [0, 0.1) is 0 Å². The third-order valence-corrected chi connectivity index (χ3v) is 2.19. The van der Waals surface area contributed by atoms with Gasteiger partial charge in [-0.25, -0.2) is 10.1 Å². The lowest BCUT2D eigenvalue weighted by Crippen LogP contribution is -2.30. The molecule has 0 saturated carbocycles. The maximum atomic E-state index is 11.6. The molecule has 0 aromatic carbocycles. The summed E-state index contributed by atoms with van der Waals surface area (Å²) in [6.45, 7) is 0.907. The number of anilines is 1. The smallest absolute Gasteiger partial charge is 0.271 e. The Morgan fingerprint density at radius 3 is 2.84 bits per heavy atom. The van der Waals surface area contributed by atoms with Gasteiger partial charge < -0.3 is 10.6 Å². The van der Waals surface area contributed by atoms with Crippen molar-refractivity contribution in [3.05, 3.63) is 46.8 Å². The van der Waals surface area contributed by atoms with E-state index in [1.54, 1.807) is 18.6 Å². The molecule has 0 aliphatic carbocycles. The van der Waals surface area contributed by atoms with Gasteiger partial charge >= 0.3 is 0 Å². The Balaban J connectivity index is 1.75. The van der Waals surface area contributed by atoms with Gasteiger partial charge in [0.1, 0.15) is 11.5 Å². The molecule has 8 heteroatoms. The van der Waals surface area contributed by atoms with Crippen LogP contribution in [0.1, 0.15) is 10.5 Å². The Labute approximate surface area is 108 Å². The van der Waals surface area contributed by atoms with Crippen LogP contribution in [0.2, 0.25) is 0 Å². The maximum Gasteiger partial charge on any atom is 0.271 e. The van der Waals surface area contributed by atoms with Crippen molar-refractivity contribution in [1.82, 2.24) is 25.5 Å². The number of aromatic nitrogens is 4. The molecule has 8 nitrogen and oxygen atoms in total. The second-order valence-electron chi connectivity index (χ2n) is 3.58.